The van der Waals surface area contributed by atoms with Crippen LogP contribution in [0.2, 0.25) is 0 Å². The highest BCUT2D eigenvalue weighted by Crippen LogP contribution is 2.46. The van der Waals surface area contributed by atoms with E-state index >= 15 is 0 Å². The average Bonchev–Trinajstić information content (AvgIpc) is 4.22. The van der Waals surface area contributed by atoms with Gasteiger partial charge in [0.15, 0.2) is 0 Å². The van der Waals surface area contributed by atoms with Crippen LogP contribution < -0.4 is 19.1 Å². The summed E-state index contributed by atoms with van der Waals surface area (Å²) >= 11 is 6.98. The fourth-order valence-corrected chi connectivity index (χ4v) is 13.5. The third-order valence-electron chi connectivity index (χ3n) is 12.6. The van der Waals surface area contributed by atoms with Gasteiger partial charge in [0.2, 0.25) is 0 Å². The van der Waals surface area contributed by atoms with Gasteiger partial charge in [-0.3, -0.25) is 0 Å². The highest BCUT2D eigenvalue weighted by Gasteiger charge is 2.20. The van der Waals surface area contributed by atoms with Gasteiger partial charge in [0.05, 0.1) is 64.0 Å². The van der Waals surface area contributed by atoms with Crippen molar-refractivity contribution < 1.29 is 28.4 Å². The quantitative estimate of drug-likeness (QED) is 0.0321. The van der Waals surface area contributed by atoms with Crippen molar-refractivity contribution in [1.82, 2.24) is 0 Å². The van der Waals surface area contributed by atoms with Crippen molar-refractivity contribution in [3.8, 4) is 61.4 Å². The summed E-state index contributed by atoms with van der Waals surface area (Å²) < 4.78 is 41.0. The van der Waals surface area contributed by atoms with Crippen LogP contribution in [0.5, 0.6) is 17.2 Å². The molecule has 0 aliphatic heterocycles. The van der Waals surface area contributed by atoms with E-state index in [1.807, 2.05) is 38.1 Å². The Balaban J connectivity index is 1.11. The van der Waals surface area contributed by atoms with E-state index < -0.39 is 0 Å². The maximum absolute atomic E-state index is 9.33. The Morgan fingerprint density at radius 2 is 0.895 bits per heavy atom. The summed E-state index contributed by atoms with van der Waals surface area (Å²) in [5.74, 6) is 2.14. The lowest BCUT2D eigenvalue weighted by Gasteiger charge is -2.26. The van der Waals surface area contributed by atoms with Gasteiger partial charge in [-0.05, 0) is 116 Å². The minimum Gasteiger partial charge on any atom is -0.493 e. The summed E-state index contributed by atoms with van der Waals surface area (Å²) in [4.78, 5) is 6.91. The molecule has 0 saturated heterocycles. The molecular formula is C63H67N3O6S4. The Hall–Kier alpha value is -6.26. The molecular weight excluding hydrogens is 1020 g/mol. The molecule has 0 saturated carbocycles. The zero-order valence-electron chi connectivity index (χ0n) is 44.3. The zero-order chi connectivity index (χ0) is 53.1. The van der Waals surface area contributed by atoms with E-state index in [1.54, 1.807) is 52.5 Å². The molecule has 4 heterocycles. The molecule has 4 aromatic carbocycles. The van der Waals surface area contributed by atoms with E-state index in [0.29, 0.717) is 69.8 Å². The topological polar surface area (TPSA) is 106 Å². The lowest BCUT2D eigenvalue weighted by molar-refractivity contribution is 0.0179. The van der Waals surface area contributed by atoms with Gasteiger partial charge in [-0.15, -0.1) is 45.3 Å². The molecule has 8 aromatic rings. The van der Waals surface area contributed by atoms with Crippen LogP contribution in [-0.2, 0) is 14.2 Å². The number of thiophene rings is 4. The SMILES string of the molecule is CCCCCCOc1cc(OCCOCCOCCOC)cc(OCCCCCC)c1-c1ccc(N(c2ccc(-c3cc4sc(/C=C(/C)C#N)cc4s3)cc2)c2ccc(-c3cc4sc(/C=C(/C)C#N)cc4s3)cc2)cc1. The molecule has 0 amide bonds. The van der Waals surface area contributed by atoms with Crippen LogP contribution in [0, 0.1) is 22.7 Å². The molecule has 0 aliphatic rings. The minimum atomic E-state index is 0.374. The molecule has 0 spiro atoms. The second-order valence-corrected chi connectivity index (χ2v) is 22.9. The first-order chi connectivity index (χ1) is 37.3. The summed E-state index contributed by atoms with van der Waals surface area (Å²) in [6.07, 6.45) is 12.7. The van der Waals surface area contributed by atoms with Gasteiger partial charge < -0.3 is 33.3 Å². The number of anilines is 3. The summed E-state index contributed by atoms with van der Waals surface area (Å²) in [5, 5.41) is 18.7. The Morgan fingerprint density at radius 1 is 0.474 bits per heavy atom. The largest absolute Gasteiger partial charge is 0.493 e. The molecule has 76 heavy (non-hydrogen) atoms. The van der Waals surface area contributed by atoms with E-state index in [0.717, 1.165) is 99.1 Å². The van der Waals surface area contributed by atoms with Crippen LogP contribution in [0.4, 0.5) is 17.1 Å². The summed E-state index contributed by atoms with van der Waals surface area (Å²) in [7, 11) is 1.66. The third-order valence-corrected chi connectivity index (χ3v) is 17.2. The van der Waals surface area contributed by atoms with Crippen LogP contribution in [0.25, 0.3) is 63.0 Å². The first kappa shape index (κ1) is 56.0. The lowest BCUT2D eigenvalue weighted by Crippen LogP contribution is -2.12. The number of rotatable bonds is 30. The van der Waals surface area contributed by atoms with Crippen molar-refractivity contribution >= 4 is 93.4 Å². The molecule has 13 heteroatoms. The highest BCUT2D eigenvalue weighted by atomic mass is 32.1. The van der Waals surface area contributed by atoms with E-state index in [-0.39, 0.29) is 0 Å². The van der Waals surface area contributed by atoms with Crippen LogP contribution in [0.1, 0.15) is 88.8 Å². The van der Waals surface area contributed by atoms with Crippen molar-refractivity contribution in [2.45, 2.75) is 79.1 Å². The molecule has 394 valence electrons. The molecule has 0 unspecified atom stereocenters. The number of nitrogens with zero attached hydrogens (tertiary/aromatic N) is 3. The van der Waals surface area contributed by atoms with Gasteiger partial charge >= 0.3 is 0 Å². The van der Waals surface area contributed by atoms with E-state index in [2.05, 4.69) is 128 Å². The van der Waals surface area contributed by atoms with E-state index in [1.165, 1.54) is 41.4 Å². The normalized spacial score (nSPS) is 11.8. The van der Waals surface area contributed by atoms with Crippen molar-refractivity contribution in [3.05, 3.63) is 130 Å². The van der Waals surface area contributed by atoms with E-state index in [4.69, 9.17) is 28.4 Å². The fraction of sp³-hybridized carbons (Fsp3) is 0.333. The lowest BCUT2D eigenvalue weighted by atomic mass is 10.0. The molecule has 0 fully saturated rings. The number of ether oxygens (including phenoxy) is 6. The second kappa shape index (κ2) is 28.8. The number of hydrogen-bond acceptors (Lipinski definition) is 13. The molecule has 8 rings (SSSR count). The Kier molecular flexibility index (Phi) is 21.2. The summed E-state index contributed by atoms with van der Waals surface area (Å²) in [6, 6.07) is 43.8. The number of hydrogen-bond donors (Lipinski definition) is 0. The standard InChI is InChI=1S/C63H67N3O6S4/c1-6-8-10-12-26-71-55-36-52(70-33-32-69-31-30-68-29-28-67-5)37-56(72-27-13-11-9-7-2)63(55)48-18-24-51(25-19-48)66(49-20-14-46(15-21-49)57-40-61-59(75-57)38-53(73-61)34-44(3)42-64)50-22-16-47(17-23-50)58-41-62-60(76-58)39-54(74-62)35-45(4)43-65/h14-25,34-41H,6-13,26-33H2,1-5H3/b44-34-,45-35-. The van der Waals surface area contributed by atoms with Crippen molar-refractivity contribution in [2.75, 3.05) is 64.9 Å². The number of benzene rings is 4. The van der Waals surface area contributed by atoms with Crippen molar-refractivity contribution in [2.24, 2.45) is 0 Å². The first-order valence-electron chi connectivity index (χ1n) is 26.3. The number of fused-ring (bicyclic) bond motifs is 2. The van der Waals surface area contributed by atoms with Gasteiger partial charge in [-0.2, -0.15) is 10.5 Å². The first-order valence-corrected chi connectivity index (χ1v) is 29.6. The van der Waals surface area contributed by atoms with E-state index in [9.17, 15) is 10.5 Å². The average molecular weight is 1090 g/mol. The number of unbranched alkanes of at least 4 members (excludes halogenated alkanes) is 6. The Labute approximate surface area is 464 Å². The smallest absolute Gasteiger partial charge is 0.134 e. The van der Waals surface area contributed by atoms with Crippen molar-refractivity contribution in [3.63, 3.8) is 0 Å². The fourth-order valence-electron chi connectivity index (χ4n) is 8.67. The number of nitriles is 2. The second-order valence-electron chi connectivity index (χ2n) is 18.5. The monoisotopic (exact) mass is 1090 g/mol. The predicted molar refractivity (Wildman–Crippen MR) is 321 cm³/mol. The Bertz CT molecular complexity index is 3010. The van der Waals surface area contributed by atoms with Crippen LogP contribution in [-0.4, -0.2) is 60.0 Å². The summed E-state index contributed by atoms with van der Waals surface area (Å²) in [6.45, 7) is 12.2. The maximum atomic E-state index is 9.33. The van der Waals surface area contributed by atoms with Crippen molar-refractivity contribution in [1.29, 1.82) is 10.5 Å². The molecule has 0 bridgehead atoms. The molecule has 0 atom stereocenters. The highest BCUT2D eigenvalue weighted by molar-refractivity contribution is 7.30. The van der Waals surface area contributed by atoms with Gasteiger partial charge in [0.1, 0.15) is 23.9 Å². The summed E-state index contributed by atoms with van der Waals surface area (Å²) in [5.41, 5.74) is 8.68. The van der Waals surface area contributed by atoms with Crippen LogP contribution in [0.15, 0.2) is 120 Å². The van der Waals surface area contributed by atoms with Gasteiger partial charge in [0, 0.05) is 85.8 Å². The molecule has 0 radical (unpaired) electrons. The molecule has 4 aromatic heterocycles. The molecule has 9 nitrogen and oxygen atoms in total. The predicted octanol–water partition coefficient (Wildman–Crippen LogP) is 18.5. The van der Waals surface area contributed by atoms with Gasteiger partial charge in [-0.25, -0.2) is 0 Å². The third kappa shape index (κ3) is 15.2. The molecule has 0 aliphatic carbocycles. The van der Waals surface area contributed by atoms with Gasteiger partial charge in [-0.1, -0.05) is 88.8 Å². The van der Waals surface area contributed by atoms with Crippen LogP contribution in [0.3, 0.4) is 0 Å². The Morgan fingerprint density at radius 3 is 1.32 bits per heavy atom. The van der Waals surface area contributed by atoms with Gasteiger partial charge in [0.25, 0.3) is 0 Å². The molecule has 0 N–H and O–H groups in total. The zero-order valence-corrected chi connectivity index (χ0v) is 47.6. The number of allylic oxidation sites excluding steroid dienone is 2. The number of methoxy groups -OCH3 is 1. The van der Waals surface area contributed by atoms with Crippen LogP contribution >= 0.6 is 45.3 Å². The maximum Gasteiger partial charge on any atom is 0.134 e. The minimum absolute atomic E-state index is 0.374.